The lowest BCUT2D eigenvalue weighted by Crippen LogP contribution is -2.68. The third-order valence-electron chi connectivity index (χ3n) is 5.97. The summed E-state index contributed by atoms with van der Waals surface area (Å²) >= 11 is 0. The number of hydrazine groups is 1. The van der Waals surface area contributed by atoms with Crippen molar-refractivity contribution in [2.45, 2.75) is 80.6 Å². The summed E-state index contributed by atoms with van der Waals surface area (Å²) in [5.41, 5.74) is 7.62. The topological polar surface area (TPSA) is 104 Å². The van der Waals surface area contributed by atoms with Crippen LogP contribution in [0.25, 0.3) is 0 Å². The van der Waals surface area contributed by atoms with E-state index in [4.69, 9.17) is 10.5 Å². The zero-order valence-corrected chi connectivity index (χ0v) is 15.6. The first kappa shape index (κ1) is 23.0. The van der Waals surface area contributed by atoms with E-state index in [1.54, 1.807) is 0 Å². The lowest BCUT2D eigenvalue weighted by molar-refractivity contribution is -0.300. The Bertz CT molecular complexity index is 565. The van der Waals surface area contributed by atoms with Gasteiger partial charge in [-0.25, -0.2) is 10.9 Å². The number of nitrogens with one attached hydrogen (secondary N) is 4. The summed E-state index contributed by atoms with van der Waals surface area (Å²) in [5, 5.41) is 16.1. The van der Waals surface area contributed by atoms with E-state index in [0.717, 1.165) is 0 Å². The van der Waals surface area contributed by atoms with Gasteiger partial charge in [0.2, 0.25) is 5.60 Å². The summed E-state index contributed by atoms with van der Waals surface area (Å²) in [6, 6.07) is -2.89. The molecule has 0 aromatic rings. The zero-order chi connectivity index (χ0) is 21.4. The lowest BCUT2D eigenvalue weighted by atomic mass is 9.83. The molecule has 6 unspecified atom stereocenters. The molecule has 3 fully saturated rings. The van der Waals surface area contributed by atoms with Crippen molar-refractivity contribution in [3.63, 3.8) is 0 Å². The number of hydrogen-bond donors (Lipinski definition) is 6. The van der Waals surface area contributed by atoms with E-state index in [1.807, 2.05) is 0 Å². The van der Waals surface area contributed by atoms with Gasteiger partial charge in [-0.15, -0.1) is 0 Å². The molecule has 7 atom stereocenters. The second kappa shape index (κ2) is 8.44. The van der Waals surface area contributed by atoms with Gasteiger partial charge in [-0.05, 0) is 25.8 Å². The summed E-state index contributed by atoms with van der Waals surface area (Å²) < 4.78 is 86.6. The van der Waals surface area contributed by atoms with Gasteiger partial charge in [-0.1, -0.05) is 12.8 Å². The Morgan fingerprint density at radius 3 is 2.41 bits per heavy atom. The van der Waals surface area contributed by atoms with Crippen molar-refractivity contribution in [3.8, 4) is 0 Å². The van der Waals surface area contributed by atoms with Crippen molar-refractivity contribution in [1.82, 2.24) is 21.5 Å². The molecule has 0 amide bonds. The first-order valence-electron chi connectivity index (χ1n) is 9.68. The molecular formula is C16H27F6N5O2. The van der Waals surface area contributed by atoms with Gasteiger partial charge in [-0.2, -0.15) is 26.3 Å². The average Bonchev–Trinajstić information content (AvgIpc) is 3.09. The molecule has 0 aromatic heterocycles. The number of halogens is 6. The van der Waals surface area contributed by atoms with Gasteiger partial charge in [0, 0.05) is 18.6 Å². The van der Waals surface area contributed by atoms with E-state index in [0.29, 0.717) is 19.4 Å². The quantitative estimate of drug-likeness (QED) is 0.307. The van der Waals surface area contributed by atoms with Gasteiger partial charge in [0.1, 0.15) is 6.23 Å². The molecule has 170 valence electrons. The highest BCUT2D eigenvalue weighted by Crippen LogP contribution is 2.40. The van der Waals surface area contributed by atoms with Crippen LogP contribution in [-0.4, -0.2) is 66.7 Å². The van der Waals surface area contributed by atoms with Crippen LogP contribution in [0.3, 0.4) is 0 Å². The Labute approximate surface area is 164 Å². The molecule has 7 N–H and O–H groups in total. The Balaban J connectivity index is 1.83. The molecule has 3 rings (SSSR count). The number of fused-ring (bicyclic) bond motifs is 5. The largest absolute Gasteiger partial charge is 0.421 e. The highest BCUT2D eigenvalue weighted by atomic mass is 19.4. The molecule has 0 radical (unpaired) electrons. The molecule has 0 aliphatic carbocycles. The van der Waals surface area contributed by atoms with Crippen LogP contribution in [0.15, 0.2) is 0 Å². The van der Waals surface area contributed by atoms with Crippen molar-refractivity contribution < 1.29 is 36.2 Å². The number of piperidine rings is 1. The van der Waals surface area contributed by atoms with Gasteiger partial charge in [0.15, 0.2) is 6.23 Å². The lowest BCUT2D eigenvalue weighted by Gasteiger charge is -2.44. The molecule has 3 aliphatic heterocycles. The van der Waals surface area contributed by atoms with E-state index in [-0.39, 0.29) is 19.4 Å². The molecule has 29 heavy (non-hydrogen) atoms. The van der Waals surface area contributed by atoms with E-state index in [2.05, 4.69) is 21.5 Å². The minimum Gasteiger partial charge on any atom is -0.377 e. The first-order valence-corrected chi connectivity index (χ1v) is 9.68. The molecule has 0 aromatic carbocycles. The van der Waals surface area contributed by atoms with Crippen molar-refractivity contribution in [2.75, 3.05) is 13.1 Å². The van der Waals surface area contributed by atoms with Crippen LogP contribution in [0.4, 0.5) is 26.3 Å². The Hall–Kier alpha value is -0.700. The molecule has 7 nitrogen and oxygen atoms in total. The molecule has 3 aliphatic rings. The number of rotatable bonds is 0. The van der Waals surface area contributed by atoms with Crippen LogP contribution in [0, 0.1) is 5.92 Å². The summed E-state index contributed by atoms with van der Waals surface area (Å²) in [6.07, 6.45) is -12.4. The number of nitrogens with two attached hydrogens (primary N) is 1. The van der Waals surface area contributed by atoms with Crippen LogP contribution < -0.4 is 27.2 Å². The summed E-state index contributed by atoms with van der Waals surface area (Å²) in [6.45, 7) is 0.410. The number of alkyl halides is 6. The minimum atomic E-state index is -4.96. The molecule has 0 spiro atoms. The van der Waals surface area contributed by atoms with E-state index >= 15 is 0 Å². The molecule has 0 saturated carbocycles. The van der Waals surface area contributed by atoms with Crippen molar-refractivity contribution >= 4 is 0 Å². The predicted molar refractivity (Wildman–Crippen MR) is 90.1 cm³/mol. The van der Waals surface area contributed by atoms with E-state index in [1.165, 1.54) is 0 Å². The van der Waals surface area contributed by atoms with Gasteiger partial charge in [-0.3, -0.25) is 0 Å². The smallest absolute Gasteiger partial charge is 0.377 e. The maximum absolute atomic E-state index is 13.6. The maximum Gasteiger partial charge on any atom is 0.421 e. The summed E-state index contributed by atoms with van der Waals surface area (Å²) in [4.78, 5) is 0. The summed E-state index contributed by atoms with van der Waals surface area (Å²) in [5.74, 6) is -1.69. The van der Waals surface area contributed by atoms with Crippen LogP contribution >= 0.6 is 0 Å². The number of aliphatic hydroxyl groups is 1. The first-order chi connectivity index (χ1) is 13.4. The Morgan fingerprint density at radius 2 is 1.76 bits per heavy atom. The fourth-order valence-electron chi connectivity index (χ4n) is 4.25. The van der Waals surface area contributed by atoms with Crippen LogP contribution in [-0.2, 0) is 4.74 Å². The maximum atomic E-state index is 13.6. The number of hydrogen-bond acceptors (Lipinski definition) is 7. The van der Waals surface area contributed by atoms with Gasteiger partial charge in [0.05, 0.1) is 12.0 Å². The van der Waals surface area contributed by atoms with Crippen LogP contribution in [0.5, 0.6) is 0 Å². The van der Waals surface area contributed by atoms with E-state index in [9.17, 15) is 31.4 Å². The molecule has 4 bridgehead atoms. The zero-order valence-electron chi connectivity index (χ0n) is 15.6. The molecule has 3 heterocycles. The fourth-order valence-corrected chi connectivity index (χ4v) is 4.25. The standard InChI is InChI=1S/C16H27F6N5O2/c17-15(18,19)8-6-9(23)11-12-26-27-13(29-12)14(28,16(20,21)22)4-2-1-3-5-24-7-10(8)25-11/h8-13,24-28H,1-7,23H2/t8?,9?,10?,11?,12?,13?,14-/m1/s1. The van der Waals surface area contributed by atoms with Crippen LogP contribution in [0.1, 0.15) is 32.1 Å². The molecular weight excluding hydrogens is 408 g/mol. The average molecular weight is 435 g/mol. The third kappa shape index (κ3) is 4.81. The third-order valence-corrected chi connectivity index (χ3v) is 5.97. The van der Waals surface area contributed by atoms with E-state index < -0.39 is 60.9 Å². The Morgan fingerprint density at radius 1 is 1.03 bits per heavy atom. The highest BCUT2D eigenvalue weighted by molar-refractivity contribution is 5.03. The SMILES string of the molecule is NC1CC(C(F)(F)F)C2CNCCCCC[C@](O)(C(F)(F)F)C3NNC(O3)C1N2. The minimum absolute atomic E-state index is 0.0451. The van der Waals surface area contributed by atoms with Crippen molar-refractivity contribution in [1.29, 1.82) is 0 Å². The summed E-state index contributed by atoms with van der Waals surface area (Å²) in [7, 11) is 0. The van der Waals surface area contributed by atoms with Crippen LogP contribution in [0.2, 0.25) is 0 Å². The van der Waals surface area contributed by atoms with Crippen molar-refractivity contribution in [3.05, 3.63) is 0 Å². The molecule has 13 heteroatoms. The second-order valence-electron chi connectivity index (χ2n) is 8.01. The normalized spacial score (nSPS) is 43.0. The van der Waals surface area contributed by atoms with Gasteiger partial charge >= 0.3 is 12.4 Å². The Kier molecular flexibility index (Phi) is 6.69. The molecule has 3 saturated heterocycles. The fraction of sp³-hybridized carbons (Fsp3) is 1.00. The van der Waals surface area contributed by atoms with Crippen molar-refractivity contribution in [2.24, 2.45) is 11.7 Å². The highest BCUT2D eigenvalue weighted by Gasteiger charge is 2.61. The van der Waals surface area contributed by atoms with Gasteiger partial charge in [0.25, 0.3) is 0 Å². The second-order valence-corrected chi connectivity index (χ2v) is 8.01. The van der Waals surface area contributed by atoms with Gasteiger partial charge < -0.3 is 26.2 Å². The number of ether oxygens (including phenoxy) is 1. The predicted octanol–water partition coefficient (Wildman–Crippen LogP) is 0.456. The monoisotopic (exact) mass is 435 g/mol.